The monoisotopic (exact) mass is 751 g/mol. The molecule has 0 N–H and O–H groups in total. The van der Waals surface area contributed by atoms with Gasteiger partial charge in [-0.15, -0.1) is 0 Å². The molecule has 0 radical (unpaired) electrons. The van der Waals surface area contributed by atoms with Gasteiger partial charge in [-0.05, 0) is 25.2 Å². The van der Waals surface area contributed by atoms with Crippen molar-refractivity contribution in [1.29, 1.82) is 0 Å². The molecule has 0 fully saturated rings. The van der Waals surface area contributed by atoms with Crippen LogP contribution >= 0.6 is 0 Å². The van der Waals surface area contributed by atoms with Crippen LogP contribution in [0.15, 0.2) is 0 Å². The number of hydrogen-bond donors (Lipinski definition) is 0. The van der Waals surface area contributed by atoms with E-state index >= 15 is 0 Å². The van der Waals surface area contributed by atoms with Gasteiger partial charge >= 0.3 is 17.9 Å². The predicted molar refractivity (Wildman–Crippen MR) is 224 cm³/mol. The fraction of sp³-hybridized carbons (Fsp3) is 0.936. The largest absolute Gasteiger partial charge is 0.462 e. The number of carbonyl (C=O) groups excluding carboxylic acids is 3. The van der Waals surface area contributed by atoms with E-state index < -0.39 is 6.10 Å². The summed E-state index contributed by atoms with van der Waals surface area (Å²) in [5.74, 6) is 0.0128. The maximum atomic E-state index is 12.7. The molecule has 0 aromatic heterocycles. The summed E-state index contributed by atoms with van der Waals surface area (Å²) in [5.41, 5.74) is 0. The highest BCUT2D eigenvalue weighted by Crippen LogP contribution is 2.17. The van der Waals surface area contributed by atoms with E-state index in [0.717, 1.165) is 63.7 Å². The van der Waals surface area contributed by atoms with E-state index in [1.807, 2.05) is 0 Å². The standard InChI is InChI=1S/C47H90O6/c1-5-8-10-12-14-16-17-18-23-27-31-35-39-46(49)52-42-44(41-51-45(48)38-34-30-26-21-15-13-11-9-6-2)53-47(50)40-36-32-28-24-20-19-22-25-29-33-37-43(4)7-3/h43-44H,5-42H2,1-4H3/t43?,44-/m1/s1. The highest BCUT2D eigenvalue weighted by molar-refractivity contribution is 5.71. The van der Waals surface area contributed by atoms with Crippen molar-refractivity contribution >= 4 is 17.9 Å². The molecule has 0 aromatic carbocycles. The van der Waals surface area contributed by atoms with Crippen LogP contribution in [0.3, 0.4) is 0 Å². The second-order valence-corrected chi connectivity index (χ2v) is 16.3. The Balaban J connectivity index is 4.32. The Morgan fingerprint density at radius 1 is 0.377 bits per heavy atom. The molecular weight excluding hydrogens is 661 g/mol. The molecule has 0 aromatic rings. The van der Waals surface area contributed by atoms with Gasteiger partial charge in [0.15, 0.2) is 6.10 Å². The van der Waals surface area contributed by atoms with Crippen molar-refractivity contribution in [3.8, 4) is 0 Å². The second kappa shape index (κ2) is 41.6. The van der Waals surface area contributed by atoms with Crippen LogP contribution in [0, 0.1) is 5.92 Å². The fourth-order valence-electron chi connectivity index (χ4n) is 6.95. The normalized spacial score (nSPS) is 12.5. The van der Waals surface area contributed by atoms with Crippen molar-refractivity contribution in [2.45, 2.75) is 265 Å². The number of rotatable bonds is 42. The van der Waals surface area contributed by atoms with Gasteiger partial charge in [-0.25, -0.2) is 0 Å². The van der Waals surface area contributed by atoms with E-state index in [9.17, 15) is 14.4 Å². The molecule has 0 saturated carbocycles. The van der Waals surface area contributed by atoms with Crippen LogP contribution in [-0.2, 0) is 28.6 Å². The number of unbranched alkanes of at least 4 members (excludes halogenated alkanes) is 28. The topological polar surface area (TPSA) is 78.9 Å². The summed E-state index contributed by atoms with van der Waals surface area (Å²) < 4.78 is 16.7. The molecule has 0 rings (SSSR count). The Morgan fingerprint density at radius 3 is 0.981 bits per heavy atom. The molecule has 6 nitrogen and oxygen atoms in total. The molecule has 1 unspecified atom stereocenters. The molecule has 0 aliphatic carbocycles. The van der Waals surface area contributed by atoms with Gasteiger partial charge in [-0.1, -0.05) is 220 Å². The van der Waals surface area contributed by atoms with Crippen molar-refractivity contribution in [2.24, 2.45) is 5.92 Å². The van der Waals surface area contributed by atoms with Crippen molar-refractivity contribution < 1.29 is 28.6 Å². The maximum Gasteiger partial charge on any atom is 0.306 e. The molecular formula is C47H90O6. The van der Waals surface area contributed by atoms with Gasteiger partial charge in [0.1, 0.15) is 13.2 Å². The average molecular weight is 751 g/mol. The third-order valence-electron chi connectivity index (χ3n) is 10.9. The summed E-state index contributed by atoms with van der Waals surface area (Å²) >= 11 is 0. The first-order valence-electron chi connectivity index (χ1n) is 23.4. The van der Waals surface area contributed by atoms with Crippen LogP contribution in [0.5, 0.6) is 0 Å². The lowest BCUT2D eigenvalue weighted by Crippen LogP contribution is -2.30. The first kappa shape index (κ1) is 51.4. The predicted octanol–water partition coefficient (Wildman–Crippen LogP) is 14.7. The minimum Gasteiger partial charge on any atom is -0.462 e. The number of esters is 3. The van der Waals surface area contributed by atoms with Gasteiger partial charge in [0.25, 0.3) is 0 Å². The summed E-state index contributed by atoms with van der Waals surface area (Å²) in [6, 6.07) is 0. The quantitative estimate of drug-likeness (QED) is 0.0351. The van der Waals surface area contributed by atoms with E-state index in [4.69, 9.17) is 14.2 Å². The van der Waals surface area contributed by atoms with Gasteiger partial charge in [-0.2, -0.15) is 0 Å². The molecule has 0 aliphatic heterocycles. The number of ether oxygens (including phenoxy) is 3. The fourth-order valence-corrected chi connectivity index (χ4v) is 6.95. The zero-order chi connectivity index (χ0) is 38.9. The van der Waals surface area contributed by atoms with Crippen molar-refractivity contribution in [3.05, 3.63) is 0 Å². The molecule has 0 saturated heterocycles. The Kier molecular flexibility index (Phi) is 40.3. The molecule has 0 aliphatic rings. The van der Waals surface area contributed by atoms with Gasteiger partial charge in [0.2, 0.25) is 0 Å². The summed E-state index contributed by atoms with van der Waals surface area (Å²) in [7, 11) is 0. The second-order valence-electron chi connectivity index (χ2n) is 16.3. The molecule has 53 heavy (non-hydrogen) atoms. The van der Waals surface area contributed by atoms with E-state index in [-0.39, 0.29) is 31.1 Å². The molecule has 0 bridgehead atoms. The molecule has 6 heteroatoms. The highest BCUT2D eigenvalue weighted by Gasteiger charge is 2.19. The van der Waals surface area contributed by atoms with E-state index in [1.165, 1.54) is 154 Å². The van der Waals surface area contributed by atoms with E-state index in [2.05, 4.69) is 27.7 Å². The zero-order valence-corrected chi connectivity index (χ0v) is 36.0. The van der Waals surface area contributed by atoms with Crippen LogP contribution in [0.25, 0.3) is 0 Å². The molecule has 0 spiro atoms. The van der Waals surface area contributed by atoms with Crippen LogP contribution in [0.2, 0.25) is 0 Å². The smallest absolute Gasteiger partial charge is 0.306 e. The first-order valence-corrected chi connectivity index (χ1v) is 23.4. The van der Waals surface area contributed by atoms with Gasteiger partial charge in [0.05, 0.1) is 0 Å². The van der Waals surface area contributed by atoms with Gasteiger partial charge < -0.3 is 14.2 Å². The minimum absolute atomic E-state index is 0.0637. The van der Waals surface area contributed by atoms with Crippen molar-refractivity contribution in [3.63, 3.8) is 0 Å². The third kappa shape index (κ3) is 39.9. The molecule has 2 atom stereocenters. The first-order chi connectivity index (χ1) is 25.9. The summed E-state index contributed by atoms with van der Waals surface area (Å²) in [6.07, 6.45) is 40.8. The van der Waals surface area contributed by atoms with Crippen LogP contribution < -0.4 is 0 Å². The van der Waals surface area contributed by atoms with E-state index in [1.54, 1.807) is 0 Å². The summed E-state index contributed by atoms with van der Waals surface area (Å²) in [6.45, 7) is 9.00. The lowest BCUT2D eigenvalue weighted by atomic mass is 9.99. The van der Waals surface area contributed by atoms with Crippen molar-refractivity contribution in [2.75, 3.05) is 13.2 Å². The van der Waals surface area contributed by atoms with Crippen LogP contribution in [0.4, 0.5) is 0 Å². The maximum absolute atomic E-state index is 12.7. The Bertz CT molecular complexity index is 798. The SMILES string of the molecule is CCCCCCCCCCCCCCC(=O)OC[C@@H](COC(=O)CCCCCCCCCCC)OC(=O)CCCCCCCCCCCCC(C)CC. The third-order valence-corrected chi connectivity index (χ3v) is 10.9. The zero-order valence-electron chi connectivity index (χ0n) is 36.0. The molecule has 0 heterocycles. The number of hydrogen-bond acceptors (Lipinski definition) is 6. The Hall–Kier alpha value is -1.59. The van der Waals surface area contributed by atoms with Gasteiger partial charge in [0, 0.05) is 19.3 Å². The summed E-state index contributed by atoms with van der Waals surface area (Å²) in [4.78, 5) is 37.7. The van der Waals surface area contributed by atoms with Crippen LogP contribution in [-0.4, -0.2) is 37.2 Å². The number of carbonyl (C=O) groups is 3. The van der Waals surface area contributed by atoms with Gasteiger partial charge in [-0.3, -0.25) is 14.4 Å². The molecule has 0 amide bonds. The Labute approximate surface area is 329 Å². The molecule has 314 valence electrons. The Morgan fingerprint density at radius 2 is 0.660 bits per heavy atom. The minimum atomic E-state index is -0.759. The van der Waals surface area contributed by atoms with Crippen molar-refractivity contribution in [1.82, 2.24) is 0 Å². The lowest BCUT2D eigenvalue weighted by molar-refractivity contribution is -0.167. The summed E-state index contributed by atoms with van der Waals surface area (Å²) in [5, 5.41) is 0. The lowest BCUT2D eigenvalue weighted by Gasteiger charge is -2.18. The van der Waals surface area contributed by atoms with E-state index in [0.29, 0.717) is 19.3 Å². The van der Waals surface area contributed by atoms with Crippen LogP contribution in [0.1, 0.15) is 259 Å². The average Bonchev–Trinajstić information content (AvgIpc) is 3.15. The highest BCUT2D eigenvalue weighted by atomic mass is 16.6.